The van der Waals surface area contributed by atoms with E-state index in [2.05, 4.69) is 24.1 Å². The Kier molecular flexibility index (Phi) is 14.5. The number of ether oxygens (including phenoxy) is 1. The van der Waals surface area contributed by atoms with Gasteiger partial charge in [-0.3, -0.25) is 9.59 Å². The Bertz CT molecular complexity index is 627. The number of halogens is 2. The van der Waals surface area contributed by atoms with Gasteiger partial charge in [-0.15, -0.1) is 24.8 Å². The predicted octanol–water partition coefficient (Wildman–Crippen LogP) is 2.18. The van der Waals surface area contributed by atoms with Gasteiger partial charge in [-0.1, -0.05) is 13.8 Å². The fraction of sp³-hybridized carbons (Fsp3) is 0.619. The van der Waals surface area contributed by atoms with Gasteiger partial charge >= 0.3 is 0 Å². The highest BCUT2D eigenvalue weighted by molar-refractivity contribution is 5.94. The van der Waals surface area contributed by atoms with Crippen LogP contribution < -0.4 is 15.8 Å². The Morgan fingerprint density at radius 1 is 1.20 bits per heavy atom. The molecular formula is C21H36Cl2N4O3. The lowest BCUT2D eigenvalue weighted by Crippen LogP contribution is -2.46. The molecule has 1 aromatic carbocycles. The van der Waals surface area contributed by atoms with E-state index in [0.29, 0.717) is 38.3 Å². The van der Waals surface area contributed by atoms with Crippen LogP contribution in [-0.2, 0) is 4.79 Å². The molecular weight excluding hydrogens is 427 g/mol. The number of rotatable bonds is 10. The number of likely N-dealkylation sites (N-methyl/N-ethyl adjacent to an activating group) is 1. The zero-order valence-corrected chi connectivity index (χ0v) is 19.6. The van der Waals surface area contributed by atoms with Gasteiger partial charge < -0.3 is 25.6 Å². The minimum Gasteiger partial charge on any atom is -0.492 e. The smallest absolute Gasteiger partial charge is 0.253 e. The van der Waals surface area contributed by atoms with Gasteiger partial charge in [0.1, 0.15) is 12.4 Å². The second-order valence-electron chi connectivity index (χ2n) is 7.07. The minimum absolute atomic E-state index is 0. The number of amides is 2. The lowest BCUT2D eigenvalue weighted by atomic mass is 9.96. The number of carbonyl (C=O) groups is 2. The first-order valence-electron chi connectivity index (χ1n) is 10.3. The first-order chi connectivity index (χ1) is 13.6. The van der Waals surface area contributed by atoms with Crippen molar-refractivity contribution in [3.05, 3.63) is 29.8 Å². The van der Waals surface area contributed by atoms with E-state index in [9.17, 15) is 9.59 Å². The van der Waals surface area contributed by atoms with Crippen LogP contribution in [-0.4, -0.2) is 74.0 Å². The molecule has 0 bridgehead atoms. The number of nitrogens with one attached hydrogen (secondary N) is 1. The van der Waals surface area contributed by atoms with Crippen molar-refractivity contribution in [1.29, 1.82) is 0 Å². The molecule has 1 saturated heterocycles. The summed E-state index contributed by atoms with van der Waals surface area (Å²) < 4.78 is 5.78. The molecule has 172 valence electrons. The molecule has 1 unspecified atom stereocenters. The summed E-state index contributed by atoms with van der Waals surface area (Å²) in [6.07, 6.45) is 1.64. The maximum absolute atomic E-state index is 12.8. The number of piperidine rings is 1. The zero-order valence-electron chi connectivity index (χ0n) is 18.0. The fourth-order valence-corrected chi connectivity index (χ4v) is 3.42. The van der Waals surface area contributed by atoms with E-state index in [1.54, 1.807) is 17.0 Å². The maximum atomic E-state index is 12.8. The first kappa shape index (κ1) is 28.5. The lowest BCUT2D eigenvalue weighted by Gasteiger charge is -2.32. The van der Waals surface area contributed by atoms with Crippen LogP contribution in [0.15, 0.2) is 24.3 Å². The van der Waals surface area contributed by atoms with Crippen molar-refractivity contribution in [2.24, 2.45) is 11.7 Å². The molecule has 9 heteroatoms. The number of benzene rings is 1. The van der Waals surface area contributed by atoms with Gasteiger partial charge in [0, 0.05) is 38.3 Å². The summed E-state index contributed by atoms with van der Waals surface area (Å²) in [6.45, 7) is 9.83. The standard InChI is InChI=1S/C21H34N4O3.2ClH/c1-3-24(4-2)14-15-28-19-9-7-17(8-10-19)21(27)25-13-5-6-18(16-25)20(26)23-12-11-22;;/h7-10,18H,3-6,11-16,22H2,1-2H3,(H,23,26);2*1H. The molecule has 2 rings (SSSR count). The quantitative estimate of drug-likeness (QED) is 0.556. The highest BCUT2D eigenvalue weighted by Crippen LogP contribution is 2.20. The molecule has 1 atom stereocenters. The third kappa shape index (κ3) is 8.68. The first-order valence-corrected chi connectivity index (χ1v) is 10.3. The topological polar surface area (TPSA) is 87.9 Å². The van der Waals surface area contributed by atoms with Crippen molar-refractivity contribution in [3.8, 4) is 5.75 Å². The summed E-state index contributed by atoms with van der Waals surface area (Å²) in [5.74, 6) is 0.555. The average Bonchev–Trinajstić information content (AvgIpc) is 2.75. The third-order valence-electron chi connectivity index (χ3n) is 5.19. The van der Waals surface area contributed by atoms with Crippen LogP contribution in [0, 0.1) is 5.92 Å². The second-order valence-corrected chi connectivity index (χ2v) is 7.07. The van der Waals surface area contributed by atoms with Crippen molar-refractivity contribution in [2.75, 3.05) is 52.4 Å². The minimum atomic E-state index is -0.160. The van der Waals surface area contributed by atoms with Crippen molar-refractivity contribution in [1.82, 2.24) is 15.1 Å². The van der Waals surface area contributed by atoms with Gasteiger partial charge in [0.05, 0.1) is 5.92 Å². The second kappa shape index (κ2) is 15.3. The van der Waals surface area contributed by atoms with Crippen molar-refractivity contribution >= 4 is 36.6 Å². The van der Waals surface area contributed by atoms with Crippen LogP contribution >= 0.6 is 24.8 Å². The van der Waals surface area contributed by atoms with Crippen molar-refractivity contribution < 1.29 is 14.3 Å². The summed E-state index contributed by atoms with van der Waals surface area (Å²) in [4.78, 5) is 29.0. The summed E-state index contributed by atoms with van der Waals surface area (Å²) in [5, 5.41) is 2.82. The van der Waals surface area contributed by atoms with Crippen LogP contribution in [0.3, 0.4) is 0 Å². The lowest BCUT2D eigenvalue weighted by molar-refractivity contribution is -0.126. The Balaban J connectivity index is 0.00000420. The van der Waals surface area contributed by atoms with E-state index in [1.165, 1.54) is 0 Å². The van der Waals surface area contributed by atoms with E-state index in [1.807, 2.05) is 12.1 Å². The third-order valence-corrected chi connectivity index (χ3v) is 5.19. The Hall–Kier alpha value is -1.54. The van der Waals surface area contributed by atoms with E-state index >= 15 is 0 Å². The molecule has 0 aromatic heterocycles. The average molecular weight is 463 g/mol. The summed E-state index contributed by atoms with van der Waals surface area (Å²) in [7, 11) is 0. The number of hydrogen-bond acceptors (Lipinski definition) is 5. The number of nitrogens with zero attached hydrogens (tertiary/aromatic N) is 2. The number of likely N-dealkylation sites (tertiary alicyclic amines) is 1. The molecule has 1 heterocycles. The van der Waals surface area contributed by atoms with E-state index in [4.69, 9.17) is 10.5 Å². The molecule has 0 radical (unpaired) electrons. The molecule has 3 N–H and O–H groups in total. The van der Waals surface area contributed by atoms with Gasteiger partial charge in [0.15, 0.2) is 0 Å². The van der Waals surface area contributed by atoms with E-state index < -0.39 is 0 Å². The van der Waals surface area contributed by atoms with Crippen LogP contribution in [0.5, 0.6) is 5.75 Å². The SMILES string of the molecule is CCN(CC)CCOc1ccc(C(=O)N2CCCC(C(=O)NCCN)C2)cc1.Cl.Cl. The van der Waals surface area contributed by atoms with Gasteiger partial charge in [-0.2, -0.15) is 0 Å². The van der Waals surface area contributed by atoms with Crippen LogP contribution in [0.2, 0.25) is 0 Å². The fourth-order valence-electron chi connectivity index (χ4n) is 3.42. The largest absolute Gasteiger partial charge is 0.492 e. The molecule has 0 aliphatic carbocycles. The molecule has 1 aromatic rings. The van der Waals surface area contributed by atoms with E-state index in [-0.39, 0.29) is 42.5 Å². The van der Waals surface area contributed by atoms with Gasteiger partial charge in [0.2, 0.25) is 5.91 Å². The number of carbonyl (C=O) groups excluding carboxylic acids is 2. The Morgan fingerprint density at radius 2 is 1.87 bits per heavy atom. The normalized spacial score (nSPS) is 15.7. The highest BCUT2D eigenvalue weighted by Gasteiger charge is 2.28. The molecule has 1 aliphatic rings. The summed E-state index contributed by atoms with van der Waals surface area (Å²) >= 11 is 0. The highest BCUT2D eigenvalue weighted by atomic mass is 35.5. The zero-order chi connectivity index (χ0) is 20.4. The molecule has 1 aliphatic heterocycles. The van der Waals surface area contributed by atoms with Crippen molar-refractivity contribution in [2.45, 2.75) is 26.7 Å². The van der Waals surface area contributed by atoms with Crippen LogP contribution in [0.1, 0.15) is 37.0 Å². The maximum Gasteiger partial charge on any atom is 0.253 e. The number of hydrogen-bond donors (Lipinski definition) is 2. The summed E-state index contributed by atoms with van der Waals surface area (Å²) in [5.41, 5.74) is 6.06. The van der Waals surface area contributed by atoms with Gasteiger partial charge in [-0.25, -0.2) is 0 Å². The monoisotopic (exact) mass is 462 g/mol. The van der Waals surface area contributed by atoms with Crippen LogP contribution in [0.25, 0.3) is 0 Å². The molecule has 0 spiro atoms. The van der Waals surface area contributed by atoms with Crippen LogP contribution in [0.4, 0.5) is 0 Å². The van der Waals surface area contributed by atoms with Crippen molar-refractivity contribution in [3.63, 3.8) is 0 Å². The van der Waals surface area contributed by atoms with Gasteiger partial charge in [-0.05, 0) is 50.2 Å². The molecule has 0 saturated carbocycles. The molecule has 30 heavy (non-hydrogen) atoms. The van der Waals surface area contributed by atoms with E-state index in [0.717, 1.165) is 38.2 Å². The molecule has 1 fully saturated rings. The molecule has 2 amide bonds. The predicted molar refractivity (Wildman–Crippen MR) is 125 cm³/mol. The summed E-state index contributed by atoms with van der Waals surface area (Å²) in [6, 6.07) is 7.27. The molecule has 7 nitrogen and oxygen atoms in total. The Labute approximate surface area is 192 Å². The van der Waals surface area contributed by atoms with Gasteiger partial charge in [0.25, 0.3) is 5.91 Å². The Morgan fingerprint density at radius 3 is 2.47 bits per heavy atom. The number of nitrogens with two attached hydrogens (primary N) is 1.